The molecule has 0 unspecified atom stereocenters. The van der Waals surface area contributed by atoms with Crippen LogP contribution in [0.4, 0.5) is 0 Å². The minimum Gasteiger partial charge on any atom is -0.458 e. The van der Waals surface area contributed by atoms with Crippen molar-refractivity contribution in [3.63, 3.8) is 0 Å². The van der Waals surface area contributed by atoms with Crippen molar-refractivity contribution in [2.24, 2.45) is 22.7 Å². The van der Waals surface area contributed by atoms with Gasteiger partial charge in [0.2, 0.25) is 0 Å². The zero-order chi connectivity index (χ0) is 22.1. The SMILES string of the molecule is C=C1CC[C@H]2[C@](C)(CC[C@@H](OC(=O)/C(C)=C/C)[C@]2(C)CO)[C@@H]1CCC1=CC(=O)OC1. The van der Waals surface area contributed by atoms with Gasteiger partial charge in [-0.3, -0.25) is 0 Å². The molecule has 2 aliphatic carbocycles. The highest BCUT2D eigenvalue weighted by atomic mass is 16.5. The van der Waals surface area contributed by atoms with Crippen molar-refractivity contribution in [1.82, 2.24) is 0 Å². The highest BCUT2D eigenvalue weighted by Gasteiger charge is 2.58. The molecular weight excluding hydrogens is 380 g/mol. The van der Waals surface area contributed by atoms with Crippen LogP contribution in [-0.2, 0) is 19.1 Å². The van der Waals surface area contributed by atoms with Gasteiger partial charge in [0.15, 0.2) is 0 Å². The Morgan fingerprint density at radius 3 is 2.73 bits per heavy atom. The Balaban J connectivity index is 1.82. The maximum absolute atomic E-state index is 12.4. The molecule has 3 aliphatic rings. The Hall–Kier alpha value is -1.88. The number of hydrogen-bond donors (Lipinski definition) is 1. The summed E-state index contributed by atoms with van der Waals surface area (Å²) in [7, 11) is 0. The van der Waals surface area contributed by atoms with E-state index >= 15 is 0 Å². The van der Waals surface area contributed by atoms with Crippen LogP contribution in [0.15, 0.2) is 35.5 Å². The smallest absolute Gasteiger partial charge is 0.333 e. The molecule has 30 heavy (non-hydrogen) atoms. The molecule has 5 nitrogen and oxygen atoms in total. The summed E-state index contributed by atoms with van der Waals surface area (Å²) < 4.78 is 11.0. The first kappa shape index (κ1) is 22.8. The number of carbonyl (C=O) groups excluding carboxylic acids is 2. The van der Waals surface area contributed by atoms with Crippen LogP contribution >= 0.6 is 0 Å². The van der Waals surface area contributed by atoms with Crippen LogP contribution in [0.3, 0.4) is 0 Å². The molecule has 0 bridgehead atoms. The molecule has 5 atom stereocenters. The number of cyclic esters (lactones) is 1. The number of hydrogen-bond acceptors (Lipinski definition) is 5. The van der Waals surface area contributed by atoms with Gasteiger partial charge < -0.3 is 14.6 Å². The molecule has 0 radical (unpaired) electrons. The van der Waals surface area contributed by atoms with E-state index in [2.05, 4.69) is 20.4 Å². The summed E-state index contributed by atoms with van der Waals surface area (Å²) >= 11 is 0. The largest absolute Gasteiger partial charge is 0.458 e. The summed E-state index contributed by atoms with van der Waals surface area (Å²) in [4.78, 5) is 23.8. The highest BCUT2D eigenvalue weighted by Crippen LogP contribution is 2.62. The second kappa shape index (κ2) is 8.70. The van der Waals surface area contributed by atoms with Gasteiger partial charge in [-0.05, 0) is 75.2 Å². The summed E-state index contributed by atoms with van der Waals surface area (Å²) in [5.74, 6) is 0.00889. The van der Waals surface area contributed by atoms with Gasteiger partial charge in [0, 0.05) is 17.1 Å². The molecule has 2 saturated carbocycles. The van der Waals surface area contributed by atoms with Crippen LogP contribution in [0.1, 0.15) is 66.2 Å². The second-order valence-corrected chi connectivity index (χ2v) is 9.83. The molecule has 0 spiro atoms. The van der Waals surface area contributed by atoms with E-state index in [4.69, 9.17) is 9.47 Å². The van der Waals surface area contributed by atoms with E-state index in [1.807, 2.05) is 6.92 Å². The molecule has 5 heteroatoms. The van der Waals surface area contributed by atoms with Gasteiger partial charge in [-0.2, -0.15) is 0 Å². The lowest BCUT2D eigenvalue weighted by Gasteiger charge is -2.60. The van der Waals surface area contributed by atoms with Gasteiger partial charge in [-0.25, -0.2) is 9.59 Å². The molecule has 0 aromatic rings. The Labute approximate surface area is 180 Å². The van der Waals surface area contributed by atoms with Crippen molar-refractivity contribution >= 4 is 11.9 Å². The fourth-order valence-electron chi connectivity index (χ4n) is 6.14. The number of aliphatic hydroxyl groups excluding tert-OH is 1. The van der Waals surface area contributed by atoms with Crippen LogP contribution in [0.25, 0.3) is 0 Å². The van der Waals surface area contributed by atoms with Crippen LogP contribution in [-0.4, -0.2) is 36.4 Å². The molecule has 1 aliphatic heterocycles. The number of allylic oxidation sites excluding steroid dienone is 2. The third-order valence-corrected chi connectivity index (χ3v) is 8.14. The lowest BCUT2D eigenvalue weighted by atomic mass is 9.46. The van der Waals surface area contributed by atoms with E-state index in [0.29, 0.717) is 18.1 Å². The van der Waals surface area contributed by atoms with Crippen LogP contribution in [0.2, 0.25) is 0 Å². The average Bonchev–Trinajstić information content (AvgIpc) is 3.14. The molecule has 166 valence electrons. The Kier molecular flexibility index (Phi) is 6.61. The summed E-state index contributed by atoms with van der Waals surface area (Å²) in [5.41, 5.74) is 2.41. The third kappa shape index (κ3) is 4.01. The summed E-state index contributed by atoms with van der Waals surface area (Å²) in [6, 6.07) is 0. The molecule has 0 saturated heterocycles. The van der Waals surface area contributed by atoms with Crippen molar-refractivity contribution in [2.45, 2.75) is 72.3 Å². The first-order chi connectivity index (χ1) is 14.2. The molecule has 3 rings (SSSR count). The van der Waals surface area contributed by atoms with Gasteiger partial charge in [-0.1, -0.05) is 32.1 Å². The minimum absolute atomic E-state index is 0.00716. The first-order valence-electron chi connectivity index (χ1n) is 11.1. The zero-order valence-electron chi connectivity index (χ0n) is 18.8. The number of fused-ring (bicyclic) bond motifs is 1. The third-order valence-electron chi connectivity index (χ3n) is 8.14. The van der Waals surface area contributed by atoms with E-state index in [9.17, 15) is 14.7 Å². The molecule has 0 aromatic carbocycles. The standard InChI is InChI=1S/C25H36O5/c1-6-16(2)23(28)30-21-11-12-24(4)19(9-8-18-13-22(27)29-14-18)17(3)7-10-20(24)25(21,5)15-26/h6,13,19-21,26H,3,7-12,14-15H2,1-2,4-5H3/b16-6+/t19-,20+,21-,24-,25-/m1/s1. The Bertz CT molecular complexity index is 778. The second-order valence-electron chi connectivity index (χ2n) is 9.83. The molecule has 2 fully saturated rings. The van der Waals surface area contributed by atoms with Crippen LogP contribution in [0, 0.1) is 22.7 Å². The van der Waals surface area contributed by atoms with Crippen molar-refractivity contribution in [2.75, 3.05) is 13.2 Å². The molecule has 0 amide bonds. The number of aliphatic hydroxyl groups is 1. The van der Waals surface area contributed by atoms with Crippen LogP contribution in [0.5, 0.6) is 0 Å². The number of rotatable bonds is 6. The van der Waals surface area contributed by atoms with E-state index in [0.717, 1.165) is 44.1 Å². The maximum Gasteiger partial charge on any atom is 0.333 e. The Morgan fingerprint density at radius 1 is 1.40 bits per heavy atom. The molecular formula is C25H36O5. The summed E-state index contributed by atoms with van der Waals surface area (Å²) in [5, 5.41) is 10.5. The lowest BCUT2D eigenvalue weighted by Crippen LogP contribution is -2.58. The normalized spacial score (nSPS) is 36.8. The van der Waals surface area contributed by atoms with Gasteiger partial charge in [0.05, 0.1) is 6.61 Å². The van der Waals surface area contributed by atoms with Crippen molar-refractivity contribution in [1.29, 1.82) is 0 Å². The van der Waals surface area contributed by atoms with E-state index in [1.165, 1.54) is 5.57 Å². The first-order valence-corrected chi connectivity index (χ1v) is 11.1. The summed E-state index contributed by atoms with van der Waals surface area (Å²) in [6.45, 7) is 12.8. The van der Waals surface area contributed by atoms with Gasteiger partial charge in [-0.15, -0.1) is 0 Å². The van der Waals surface area contributed by atoms with Crippen LogP contribution < -0.4 is 0 Å². The summed E-state index contributed by atoms with van der Waals surface area (Å²) in [6.07, 6.45) is 8.37. The zero-order valence-corrected chi connectivity index (χ0v) is 18.8. The molecule has 1 N–H and O–H groups in total. The van der Waals surface area contributed by atoms with E-state index < -0.39 is 5.41 Å². The number of esters is 2. The predicted octanol–water partition coefficient (Wildman–Crippen LogP) is 4.51. The van der Waals surface area contributed by atoms with Crippen molar-refractivity contribution in [3.05, 3.63) is 35.5 Å². The van der Waals surface area contributed by atoms with Gasteiger partial charge in [0.25, 0.3) is 0 Å². The fraction of sp³-hybridized carbons (Fsp3) is 0.680. The average molecular weight is 417 g/mol. The topological polar surface area (TPSA) is 72.8 Å². The maximum atomic E-state index is 12.4. The van der Waals surface area contributed by atoms with Crippen molar-refractivity contribution in [3.8, 4) is 0 Å². The van der Waals surface area contributed by atoms with E-state index in [1.54, 1.807) is 19.1 Å². The number of ether oxygens (including phenoxy) is 2. The highest BCUT2D eigenvalue weighted by molar-refractivity contribution is 5.87. The van der Waals surface area contributed by atoms with E-state index in [-0.39, 0.29) is 36.0 Å². The Morgan fingerprint density at radius 2 is 2.13 bits per heavy atom. The van der Waals surface area contributed by atoms with Gasteiger partial charge in [0.1, 0.15) is 12.7 Å². The molecule has 1 heterocycles. The van der Waals surface area contributed by atoms with Crippen molar-refractivity contribution < 1.29 is 24.2 Å². The lowest BCUT2D eigenvalue weighted by molar-refractivity contribution is -0.184. The van der Waals surface area contributed by atoms with Gasteiger partial charge >= 0.3 is 11.9 Å². The quantitative estimate of drug-likeness (QED) is 0.392. The number of carbonyl (C=O) groups is 2. The predicted molar refractivity (Wildman–Crippen MR) is 115 cm³/mol. The fourth-order valence-corrected chi connectivity index (χ4v) is 6.14. The minimum atomic E-state index is -0.485. The molecule has 0 aromatic heterocycles. The monoisotopic (exact) mass is 416 g/mol.